The number of hydrogen-bond donors (Lipinski definition) is 4. The van der Waals surface area contributed by atoms with Crippen molar-refractivity contribution in [2.45, 2.75) is 38.6 Å². The van der Waals surface area contributed by atoms with Crippen LogP contribution >= 0.6 is 0 Å². The summed E-state index contributed by atoms with van der Waals surface area (Å²) >= 11 is 0. The first-order valence-electron chi connectivity index (χ1n) is 12.9. The molecule has 1 atom stereocenters. The summed E-state index contributed by atoms with van der Waals surface area (Å²) in [4.78, 5) is 38.4. The van der Waals surface area contributed by atoms with Crippen LogP contribution in [0.3, 0.4) is 0 Å². The number of urea groups is 1. The number of carboxylic acid groups (broad SMARTS) is 1. The highest BCUT2D eigenvalue weighted by Crippen LogP contribution is 2.29. The van der Waals surface area contributed by atoms with E-state index in [1.807, 2.05) is 67.6 Å². The lowest BCUT2D eigenvalue weighted by atomic mass is 10.0. The number of aliphatic carboxylic acids is 1. The van der Waals surface area contributed by atoms with Gasteiger partial charge >= 0.3 is 12.0 Å². The maximum absolute atomic E-state index is 12.5. The average molecular weight is 515 g/mol. The summed E-state index contributed by atoms with van der Waals surface area (Å²) in [5.74, 6) is -0.767. The van der Waals surface area contributed by atoms with Gasteiger partial charge in [0.15, 0.2) is 5.78 Å². The third kappa shape index (κ3) is 7.66. The number of benzene rings is 3. The Morgan fingerprint density at radius 3 is 2.18 bits per heavy atom. The highest BCUT2D eigenvalue weighted by atomic mass is 16.4. The van der Waals surface area contributed by atoms with Crippen LogP contribution in [0.25, 0.3) is 0 Å². The van der Waals surface area contributed by atoms with E-state index in [1.165, 1.54) is 0 Å². The van der Waals surface area contributed by atoms with Gasteiger partial charge in [0.05, 0.1) is 13.0 Å². The number of nitrogens with one attached hydrogen (secondary N) is 3. The standard InChI is InChI=1S/C30H34N4O4/c1-21-6-2-3-7-27(21)33-30(38)32-25-12-8-22(9-13-25)18-26(35)20-31-24-14-10-23(11-15-24)28(19-29(36)37)34-16-4-5-17-34/h2-3,6-15,28,31H,4-5,16-20H2,1H3,(H,36,37)(H2,32,33,38). The molecular formula is C30H34N4O4. The van der Waals surface area contributed by atoms with Crippen LogP contribution < -0.4 is 16.0 Å². The molecule has 8 nitrogen and oxygen atoms in total. The van der Waals surface area contributed by atoms with E-state index < -0.39 is 5.97 Å². The second kappa shape index (κ2) is 12.9. The monoisotopic (exact) mass is 514 g/mol. The minimum atomic E-state index is -0.802. The number of ketones is 1. The highest BCUT2D eigenvalue weighted by molar-refractivity contribution is 6.00. The number of anilines is 3. The lowest BCUT2D eigenvalue weighted by Crippen LogP contribution is -2.27. The van der Waals surface area contributed by atoms with Gasteiger partial charge in [-0.3, -0.25) is 14.5 Å². The first kappa shape index (κ1) is 26.9. The van der Waals surface area contributed by atoms with Crippen LogP contribution in [0, 0.1) is 6.92 Å². The largest absolute Gasteiger partial charge is 0.481 e. The molecule has 0 saturated carbocycles. The summed E-state index contributed by atoms with van der Waals surface area (Å²) in [7, 11) is 0. The third-order valence-electron chi connectivity index (χ3n) is 6.74. The highest BCUT2D eigenvalue weighted by Gasteiger charge is 2.25. The molecule has 0 bridgehead atoms. The molecule has 8 heteroatoms. The van der Waals surface area contributed by atoms with Gasteiger partial charge in [0.25, 0.3) is 0 Å². The molecule has 0 aliphatic carbocycles. The Morgan fingerprint density at radius 1 is 0.868 bits per heavy atom. The number of carbonyl (C=O) groups is 3. The molecule has 0 aromatic heterocycles. The van der Waals surface area contributed by atoms with Crippen molar-refractivity contribution >= 4 is 34.8 Å². The van der Waals surface area contributed by atoms with Gasteiger partial charge in [0, 0.05) is 29.5 Å². The lowest BCUT2D eigenvalue weighted by molar-refractivity contribution is -0.138. The predicted octanol–water partition coefficient (Wildman–Crippen LogP) is 5.47. The Balaban J connectivity index is 1.24. The normalized spacial score (nSPS) is 14.0. The van der Waals surface area contributed by atoms with Gasteiger partial charge in [-0.25, -0.2) is 4.79 Å². The first-order chi connectivity index (χ1) is 18.4. The Labute approximate surface area is 223 Å². The second-order valence-corrected chi connectivity index (χ2v) is 9.64. The topological polar surface area (TPSA) is 111 Å². The van der Waals surface area contributed by atoms with Crippen LogP contribution in [0.15, 0.2) is 72.8 Å². The van der Waals surface area contributed by atoms with Crippen molar-refractivity contribution < 1.29 is 19.5 Å². The van der Waals surface area contributed by atoms with E-state index >= 15 is 0 Å². The zero-order valence-electron chi connectivity index (χ0n) is 21.6. The van der Waals surface area contributed by atoms with Crippen LogP contribution in [0.4, 0.5) is 21.9 Å². The summed E-state index contributed by atoms with van der Waals surface area (Å²) in [5.41, 5.74) is 5.02. The molecule has 3 aromatic carbocycles. The van der Waals surface area contributed by atoms with Gasteiger partial charge in [0.2, 0.25) is 0 Å². The van der Waals surface area contributed by atoms with Crippen LogP contribution in [0.1, 0.15) is 42.0 Å². The summed E-state index contributed by atoms with van der Waals surface area (Å²) in [5, 5.41) is 18.1. The zero-order chi connectivity index (χ0) is 26.9. The molecule has 1 saturated heterocycles. The molecule has 1 heterocycles. The Hall–Kier alpha value is -4.17. The minimum Gasteiger partial charge on any atom is -0.481 e. The van der Waals surface area contributed by atoms with Gasteiger partial charge in [-0.1, -0.05) is 42.5 Å². The van der Waals surface area contributed by atoms with Crippen molar-refractivity contribution in [3.63, 3.8) is 0 Å². The van der Waals surface area contributed by atoms with Crippen molar-refractivity contribution in [2.24, 2.45) is 0 Å². The summed E-state index contributed by atoms with van der Waals surface area (Å²) in [6, 6.07) is 22.0. The van der Waals surface area contributed by atoms with Crippen molar-refractivity contribution in [1.29, 1.82) is 0 Å². The smallest absolute Gasteiger partial charge is 0.323 e. The van der Waals surface area contributed by atoms with E-state index in [9.17, 15) is 19.5 Å². The van der Waals surface area contributed by atoms with E-state index in [0.29, 0.717) is 5.69 Å². The number of aryl methyl sites for hydroxylation is 1. The number of Topliss-reactive ketones (excluding diaryl/α,β-unsaturated/α-hetero) is 1. The summed E-state index contributed by atoms with van der Waals surface area (Å²) in [6.07, 6.45) is 2.55. The van der Waals surface area contributed by atoms with E-state index in [2.05, 4.69) is 20.9 Å². The van der Waals surface area contributed by atoms with Crippen LogP contribution in [-0.2, 0) is 16.0 Å². The van der Waals surface area contributed by atoms with Crippen LogP contribution in [-0.4, -0.2) is 47.4 Å². The number of rotatable bonds is 11. The lowest BCUT2D eigenvalue weighted by Gasteiger charge is -2.26. The number of nitrogens with zero attached hydrogens (tertiary/aromatic N) is 1. The number of hydrogen-bond acceptors (Lipinski definition) is 5. The molecule has 1 aliphatic heterocycles. The van der Waals surface area contributed by atoms with Crippen LogP contribution in [0.5, 0.6) is 0 Å². The van der Waals surface area contributed by atoms with Gasteiger partial charge in [-0.15, -0.1) is 0 Å². The molecule has 4 N–H and O–H groups in total. The molecule has 0 radical (unpaired) electrons. The maximum Gasteiger partial charge on any atom is 0.323 e. The fraction of sp³-hybridized carbons (Fsp3) is 0.300. The predicted molar refractivity (Wildman–Crippen MR) is 150 cm³/mol. The number of amides is 2. The first-order valence-corrected chi connectivity index (χ1v) is 12.9. The Morgan fingerprint density at radius 2 is 1.53 bits per heavy atom. The van der Waals surface area contributed by atoms with Gasteiger partial charge in [0.1, 0.15) is 0 Å². The number of likely N-dealkylation sites (tertiary alicyclic amines) is 1. The van der Waals surface area contributed by atoms with Crippen molar-refractivity contribution in [2.75, 3.05) is 35.6 Å². The number of para-hydroxylation sites is 1. The minimum absolute atomic E-state index is 0.0351. The number of carboxylic acids is 1. The average Bonchev–Trinajstić information content (AvgIpc) is 3.44. The molecule has 1 aliphatic rings. The Bertz CT molecular complexity index is 1250. The molecule has 2 amide bonds. The van der Waals surface area contributed by atoms with Crippen molar-refractivity contribution in [1.82, 2.24) is 4.90 Å². The second-order valence-electron chi connectivity index (χ2n) is 9.64. The summed E-state index contributed by atoms with van der Waals surface area (Å²) in [6.45, 7) is 3.95. The van der Waals surface area contributed by atoms with Gasteiger partial charge in [-0.2, -0.15) is 0 Å². The molecule has 4 rings (SSSR count). The summed E-state index contributed by atoms with van der Waals surface area (Å²) < 4.78 is 0. The molecule has 198 valence electrons. The van der Waals surface area contributed by atoms with E-state index in [4.69, 9.17) is 0 Å². The van der Waals surface area contributed by atoms with Crippen molar-refractivity contribution in [3.8, 4) is 0 Å². The Kier molecular flexibility index (Phi) is 9.11. The SMILES string of the molecule is Cc1ccccc1NC(=O)Nc1ccc(CC(=O)CNc2ccc(C(CC(=O)O)N3CCCC3)cc2)cc1. The van der Waals surface area contributed by atoms with Gasteiger partial charge in [-0.05, 0) is 79.9 Å². The fourth-order valence-electron chi connectivity index (χ4n) is 4.69. The molecule has 38 heavy (non-hydrogen) atoms. The van der Waals surface area contributed by atoms with Crippen molar-refractivity contribution in [3.05, 3.63) is 89.5 Å². The van der Waals surface area contributed by atoms with E-state index in [1.54, 1.807) is 12.1 Å². The van der Waals surface area contributed by atoms with Crippen LogP contribution in [0.2, 0.25) is 0 Å². The quantitative estimate of drug-likeness (QED) is 0.270. The molecule has 3 aromatic rings. The third-order valence-corrected chi connectivity index (χ3v) is 6.74. The maximum atomic E-state index is 12.5. The number of carbonyl (C=O) groups excluding carboxylic acids is 2. The molecular weight excluding hydrogens is 480 g/mol. The van der Waals surface area contributed by atoms with E-state index in [-0.39, 0.29) is 37.2 Å². The van der Waals surface area contributed by atoms with E-state index in [0.717, 1.165) is 54.0 Å². The zero-order valence-corrected chi connectivity index (χ0v) is 21.6. The fourth-order valence-corrected chi connectivity index (χ4v) is 4.69. The molecule has 1 fully saturated rings. The molecule has 1 unspecified atom stereocenters. The molecule has 0 spiro atoms. The van der Waals surface area contributed by atoms with Gasteiger partial charge < -0.3 is 21.1 Å².